The number of thiocarbonyl (C=S) groups is 1. The van der Waals surface area contributed by atoms with Crippen molar-refractivity contribution < 1.29 is 39.9 Å². The summed E-state index contributed by atoms with van der Waals surface area (Å²) in [5.74, 6) is 0. The summed E-state index contributed by atoms with van der Waals surface area (Å²) in [6.45, 7) is 0. The maximum atomic E-state index is 10.5. The molecule has 1 heterocycles. The van der Waals surface area contributed by atoms with Crippen LogP contribution in [0, 0.1) is 0 Å². The van der Waals surface area contributed by atoms with Crippen LogP contribution >= 0.6 is 12.2 Å². The molecule has 54 valence electrons. The summed E-state index contributed by atoms with van der Waals surface area (Å²) in [7, 11) is 0. The second-order valence-electron chi connectivity index (χ2n) is 1.87. The summed E-state index contributed by atoms with van der Waals surface area (Å²) in [5, 5.41) is 19.8. The fraction of sp³-hybridized carbons (Fsp3) is 0.167. The van der Waals surface area contributed by atoms with Crippen molar-refractivity contribution in [3.05, 3.63) is 24.4 Å². The van der Waals surface area contributed by atoms with Crippen molar-refractivity contribution >= 4 is 17.3 Å². The summed E-state index contributed by atoms with van der Waals surface area (Å²) < 4.78 is 0. The molecule has 1 N–H and O–H groups in total. The first-order chi connectivity index (χ1) is 4.72. The predicted octanol–water partition coefficient (Wildman–Crippen LogP) is -3.18. The first-order valence-electron chi connectivity index (χ1n) is 2.75. The minimum atomic E-state index is -0.681. The Bertz CT molecular complexity index is 205. The maximum Gasteiger partial charge on any atom is 1.00 e. The van der Waals surface area contributed by atoms with E-state index in [9.17, 15) is 5.11 Å². The van der Waals surface area contributed by atoms with E-state index in [1.54, 1.807) is 12.2 Å². The van der Waals surface area contributed by atoms with Gasteiger partial charge >= 0.3 is 29.6 Å². The van der Waals surface area contributed by atoms with Crippen molar-refractivity contribution in [1.82, 2.24) is 5.06 Å². The SMILES string of the molecule is [Na+].[O-]C(=S)C1C=CC=CN1O. The van der Waals surface area contributed by atoms with E-state index in [1.807, 2.05) is 0 Å². The maximum absolute atomic E-state index is 10.5. The Kier molecular flexibility index (Phi) is 4.96. The molecule has 0 aromatic rings. The molecule has 0 bridgehead atoms. The number of rotatable bonds is 1. The Hall–Kier alpha value is 0.130. The van der Waals surface area contributed by atoms with Gasteiger partial charge in [-0.2, -0.15) is 0 Å². The molecule has 0 fully saturated rings. The number of hydrogen-bond acceptors (Lipinski definition) is 4. The van der Waals surface area contributed by atoms with E-state index in [2.05, 4.69) is 12.2 Å². The standard InChI is InChI=1S/C6H7NO2S.Na/c8-6(10)5-3-1-2-4-7(5)9;/h1-5,9H,(H,8,10);/q;+1/p-1. The van der Waals surface area contributed by atoms with Crippen LogP contribution in [0.5, 0.6) is 0 Å². The first-order valence-corrected chi connectivity index (χ1v) is 3.15. The zero-order valence-electron chi connectivity index (χ0n) is 6.10. The number of allylic oxidation sites excluding steroid dienone is 2. The third-order valence-electron chi connectivity index (χ3n) is 1.17. The van der Waals surface area contributed by atoms with E-state index in [4.69, 9.17) is 5.21 Å². The average Bonchev–Trinajstić information content (AvgIpc) is 1.88. The average molecular weight is 179 g/mol. The topological polar surface area (TPSA) is 46.5 Å². The van der Waals surface area contributed by atoms with Gasteiger partial charge in [-0.15, -0.1) is 0 Å². The van der Waals surface area contributed by atoms with Crippen LogP contribution in [0.1, 0.15) is 0 Å². The molecule has 0 saturated heterocycles. The molecule has 0 radical (unpaired) electrons. The monoisotopic (exact) mass is 179 g/mol. The molecule has 1 aliphatic rings. The third-order valence-corrected chi connectivity index (χ3v) is 1.41. The normalized spacial score (nSPS) is 21.2. The molecule has 1 atom stereocenters. The fourth-order valence-electron chi connectivity index (χ4n) is 0.675. The van der Waals surface area contributed by atoms with Crippen molar-refractivity contribution in [2.45, 2.75) is 6.04 Å². The van der Waals surface area contributed by atoms with Crippen LogP contribution in [-0.2, 0) is 0 Å². The Balaban J connectivity index is 0.000001000. The van der Waals surface area contributed by atoms with E-state index in [1.165, 1.54) is 12.3 Å². The number of hydroxylamine groups is 2. The largest absolute Gasteiger partial charge is 1.00 e. The van der Waals surface area contributed by atoms with E-state index in [0.29, 0.717) is 0 Å². The molecule has 1 aliphatic heterocycles. The van der Waals surface area contributed by atoms with Gasteiger partial charge in [0.05, 0.1) is 6.04 Å². The Morgan fingerprint density at radius 1 is 1.55 bits per heavy atom. The molecule has 0 aliphatic carbocycles. The quantitative estimate of drug-likeness (QED) is 0.340. The van der Waals surface area contributed by atoms with Crippen LogP contribution in [0.2, 0.25) is 0 Å². The van der Waals surface area contributed by atoms with Crippen LogP contribution in [0.4, 0.5) is 0 Å². The zero-order valence-corrected chi connectivity index (χ0v) is 8.91. The molecule has 3 nitrogen and oxygen atoms in total. The molecule has 0 saturated carbocycles. The number of nitrogens with zero attached hydrogens (tertiary/aromatic N) is 1. The van der Waals surface area contributed by atoms with Gasteiger partial charge in [0.1, 0.15) is 0 Å². The molecule has 5 heteroatoms. The molecule has 0 aromatic carbocycles. The molecule has 0 aromatic heterocycles. The molecule has 1 unspecified atom stereocenters. The van der Waals surface area contributed by atoms with Gasteiger partial charge in [0.2, 0.25) is 0 Å². The fourth-order valence-corrected chi connectivity index (χ4v) is 0.861. The summed E-state index contributed by atoms with van der Waals surface area (Å²) >= 11 is 4.35. The van der Waals surface area contributed by atoms with Gasteiger partial charge in [0, 0.05) is 6.20 Å². The van der Waals surface area contributed by atoms with Gasteiger partial charge < -0.3 is 5.11 Å². The van der Waals surface area contributed by atoms with Gasteiger partial charge in [-0.1, -0.05) is 24.4 Å². The molecular formula is C6H6NNaO2S. The van der Waals surface area contributed by atoms with Crippen molar-refractivity contribution in [1.29, 1.82) is 0 Å². The summed E-state index contributed by atoms with van der Waals surface area (Å²) in [6, 6.07) is -0.681. The van der Waals surface area contributed by atoms with Crippen molar-refractivity contribution in [2.75, 3.05) is 0 Å². The summed E-state index contributed by atoms with van der Waals surface area (Å²) in [4.78, 5) is 0. The second-order valence-corrected chi connectivity index (χ2v) is 2.27. The van der Waals surface area contributed by atoms with E-state index < -0.39 is 11.1 Å². The summed E-state index contributed by atoms with van der Waals surface area (Å²) in [6.07, 6.45) is 6.21. The molecular weight excluding hydrogens is 173 g/mol. The van der Waals surface area contributed by atoms with Gasteiger partial charge in [0.15, 0.2) is 0 Å². The smallest absolute Gasteiger partial charge is 0.866 e. The van der Waals surface area contributed by atoms with Crippen LogP contribution in [0.15, 0.2) is 24.4 Å². The third kappa shape index (κ3) is 2.92. The van der Waals surface area contributed by atoms with Crippen molar-refractivity contribution in [2.24, 2.45) is 0 Å². The molecule has 0 amide bonds. The van der Waals surface area contributed by atoms with Crippen LogP contribution < -0.4 is 34.7 Å². The Morgan fingerprint density at radius 3 is 2.55 bits per heavy atom. The second kappa shape index (κ2) is 4.90. The minimum Gasteiger partial charge on any atom is -0.866 e. The minimum absolute atomic E-state index is 0. The van der Waals surface area contributed by atoms with Gasteiger partial charge in [-0.25, -0.2) is 0 Å². The van der Waals surface area contributed by atoms with Gasteiger partial charge in [0.25, 0.3) is 0 Å². The molecule has 1 rings (SSSR count). The van der Waals surface area contributed by atoms with Crippen molar-refractivity contribution in [3.8, 4) is 0 Å². The van der Waals surface area contributed by atoms with E-state index in [-0.39, 0.29) is 29.6 Å². The van der Waals surface area contributed by atoms with E-state index >= 15 is 0 Å². The van der Waals surface area contributed by atoms with Crippen LogP contribution in [-0.4, -0.2) is 21.4 Å². The van der Waals surface area contributed by atoms with Crippen LogP contribution in [0.25, 0.3) is 0 Å². The van der Waals surface area contributed by atoms with Crippen LogP contribution in [0.3, 0.4) is 0 Å². The Morgan fingerprint density at radius 2 is 2.18 bits per heavy atom. The van der Waals surface area contributed by atoms with Gasteiger partial charge in [-0.05, 0) is 11.1 Å². The summed E-state index contributed by atoms with van der Waals surface area (Å²) in [5.41, 5.74) is 0. The first kappa shape index (κ1) is 11.1. The zero-order chi connectivity index (χ0) is 7.56. The molecule has 11 heavy (non-hydrogen) atoms. The molecule has 0 spiro atoms. The van der Waals surface area contributed by atoms with E-state index in [0.717, 1.165) is 5.06 Å². The Labute approximate surface area is 92.3 Å². The predicted molar refractivity (Wildman–Crippen MR) is 38.3 cm³/mol. The number of hydrogen-bond donors (Lipinski definition) is 1. The van der Waals surface area contributed by atoms with Gasteiger partial charge in [-0.3, -0.25) is 10.3 Å². The van der Waals surface area contributed by atoms with Crippen molar-refractivity contribution in [3.63, 3.8) is 0 Å².